The molecule has 0 aliphatic carbocycles. The van der Waals surface area contributed by atoms with Crippen LogP contribution >= 0.6 is 0 Å². The minimum atomic E-state index is -6.59. The molecule has 0 saturated carbocycles. The number of piperidine rings is 1. The number of alkyl halides is 6. The van der Waals surface area contributed by atoms with E-state index in [1.165, 1.54) is 0 Å². The Morgan fingerprint density at radius 2 is 1.24 bits per heavy atom. The van der Waals surface area contributed by atoms with E-state index < -0.39 is 60.7 Å². The molecule has 0 atom stereocenters. The number of hydrogen-bond donors (Lipinski definition) is 0. The summed E-state index contributed by atoms with van der Waals surface area (Å²) >= 11 is 0. The van der Waals surface area contributed by atoms with E-state index in [-0.39, 0.29) is 4.48 Å². The van der Waals surface area contributed by atoms with Crippen molar-refractivity contribution in [3.05, 3.63) is 0 Å². The summed E-state index contributed by atoms with van der Waals surface area (Å²) in [5.41, 5.74) is -12.2. The highest BCUT2D eigenvalue weighted by molar-refractivity contribution is 8.11. The Kier molecular flexibility index (Phi) is 5.89. The number of sulfone groups is 2. The Hall–Kier alpha value is -0.560. The fourth-order valence-electron chi connectivity index (χ4n) is 2.98. The largest absolute Gasteiger partial charge is 0.498 e. The number of nitrogens with zero attached hydrogens (tertiary/aromatic N) is 1. The monoisotopic (exact) mass is 420 g/mol. The van der Waals surface area contributed by atoms with Crippen molar-refractivity contribution in [3.63, 3.8) is 0 Å². The van der Waals surface area contributed by atoms with Crippen LogP contribution in [0.2, 0.25) is 0 Å². The highest BCUT2D eigenvalue weighted by Crippen LogP contribution is 2.49. The van der Waals surface area contributed by atoms with Crippen LogP contribution in [0, 0.1) is 0 Å². The zero-order valence-electron chi connectivity index (χ0n) is 13.6. The predicted molar refractivity (Wildman–Crippen MR) is 77.6 cm³/mol. The van der Waals surface area contributed by atoms with Crippen LogP contribution in [-0.2, 0) is 19.7 Å². The van der Waals surface area contributed by atoms with Crippen LogP contribution in [0.3, 0.4) is 0 Å². The van der Waals surface area contributed by atoms with E-state index in [1.807, 2.05) is 6.92 Å². The molecule has 1 heterocycles. The number of unbranched alkanes of at least 4 members (excludes halogenated alkanes) is 1. The third-order valence-electron chi connectivity index (χ3n) is 4.71. The van der Waals surface area contributed by atoms with Crippen molar-refractivity contribution in [2.24, 2.45) is 0 Å². The molecule has 0 radical (unpaired) electrons. The first-order chi connectivity index (χ1) is 11.0. The van der Waals surface area contributed by atoms with Gasteiger partial charge in [0.2, 0.25) is 4.08 Å². The molecule has 0 amide bonds. The molecular weight excluding hydrogens is 400 g/mol. The van der Waals surface area contributed by atoms with Crippen LogP contribution in [0.4, 0.5) is 26.3 Å². The molecule has 0 aromatic carbocycles. The van der Waals surface area contributed by atoms with Crippen LogP contribution in [0.25, 0.3) is 0 Å². The lowest BCUT2D eigenvalue weighted by Gasteiger charge is -2.45. The van der Waals surface area contributed by atoms with E-state index in [1.54, 1.807) is 7.05 Å². The minimum Gasteiger partial charge on any atom is -0.326 e. The molecule has 13 heteroatoms. The number of rotatable bonds is 5. The maximum absolute atomic E-state index is 13.0. The highest BCUT2D eigenvalue weighted by atomic mass is 32.3. The molecule has 1 rings (SSSR count). The average Bonchev–Trinajstić information content (AvgIpc) is 2.43. The molecule has 0 N–H and O–H groups in total. The van der Waals surface area contributed by atoms with Gasteiger partial charge in [0.05, 0.1) is 26.7 Å². The zero-order valence-corrected chi connectivity index (χ0v) is 15.2. The van der Waals surface area contributed by atoms with Gasteiger partial charge in [-0.15, -0.1) is 0 Å². The SMILES string of the molecule is CCCC[N+]1(C)CCC(S(=O)(=O)C(F)(F)F)(S(=O)(=O)C(F)(F)F)CC1. The molecular formula is C12H20F6NO4S2+. The van der Waals surface area contributed by atoms with Gasteiger partial charge in [0.1, 0.15) is 0 Å². The van der Waals surface area contributed by atoms with Gasteiger partial charge in [0.15, 0.2) is 0 Å². The smallest absolute Gasteiger partial charge is 0.326 e. The van der Waals surface area contributed by atoms with Crippen LogP contribution in [0.1, 0.15) is 32.6 Å². The molecule has 5 nitrogen and oxygen atoms in total. The summed E-state index contributed by atoms with van der Waals surface area (Å²) in [4.78, 5) is 0. The van der Waals surface area contributed by atoms with Gasteiger partial charge in [-0.1, -0.05) is 13.3 Å². The number of halogens is 6. The Morgan fingerprint density at radius 3 is 1.52 bits per heavy atom. The fraction of sp³-hybridized carbons (Fsp3) is 1.00. The van der Waals surface area contributed by atoms with E-state index in [2.05, 4.69) is 0 Å². The van der Waals surface area contributed by atoms with Crippen LogP contribution in [-0.4, -0.2) is 63.1 Å². The van der Waals surface area contributed by atoms with Gasteiger partial charge in [-0.05, 0) is 6.42 Å². The summed E-state index contributed by atoms with van der Waals surface area (Å²) in [6.45, 7) is 1.42. The van der Waals surface area contributed by atoms with Crippen molar-refractivity contribution in [3.8, 4) is 0 Å². The quantitative estimate of drug-likeness (QED) is 0.507. The third-order valence-corrected chi connectivity index (χ3v) is 10.0. The first-order valence-electron chi connectivity index (χ1n) is 7.43. The topological polar surface area (TPSA) is 68.3 Å². The molecule has 1 fully saturated rings. The third kappa shape index (κ3) is 3.64. The van der Waals surface area contributed by atoms with Crippen molar-refractivity contribution < 1.29 is 47.7 Å². The van der Waals surface area contributed by atoms with E-state index >= 15 is 0 Å². The molecule has 0 aromatic heterocycles. The van der Waals surface area contributed by atoms with Gasteiger partial charge in [-0.25, -0.2) is 16.8 Å². The standard InChI is InChI=1S/C12H20F6NO4S2/c1-3-4-7-19(2)8-5-10(6-9-19,24(20,21)11(13,14)15)25(22,23)12(16,17)18/h3-9H2,1-2H3/q+1. The lowest BCUT2D eigenvalue weighted by atomic mass is 10.1. The lowest BCUT2D eigenvalue weighted by Crippen LogP contribution is -2.64. The Bertz CT molecular complexity index is 642. The summed E-state index contributed by atoms with van der Waals surface area (Å²) in [7, 11) is -11.6. The van der Waals surface area contributed by atoms with Crippen LogP contribution < -0.4 is 0 Å². The van der Waals surface area contributed by atoms with Crippen molar-refractivity contribution in [1.82, 2.24) is 0 Å². The summed E-state index contributed by atoms with van der Waals surface area (Å²) in [6, 6.07) is 0. The van der Waals surface area contributed by atoms with Crippen molar-refractivity contribution in [2.75, 3.05) is 26.7 Å². The summed E-state index contributed by atoms with van der Waals surface area (Å²) < 4.78 is 121. The van der Waals surface area contributed by atoms with Gasteiger partial charge in [0, 0.05) is 12.8 Å². The fourth-order valence-corrected chi connectivity index (χ4v) is 6.99. The second-order valence-electron chi connectivity index (χ2n) is 6.45. The zero-order chi connectivity index (χ0) is 19.9. The molecule has 0 spiro atoms. The Labute approximate surface area is 142 Å². The average molecular weight is 420 g/mol. The number of quaternary nitrogens is 1. The maximum Gasteiger partial charge on any atom is 0.498 e. The first kappa shape index (κ1) is 22.5. The van der Waals surface area contributed by atoms with E-state index in [0.29, 0.717) is 13.0 Å². The summed E-state index contributed by atoms with van der Waals surface area (Å²) in [6.07, 6.45) is -1.16. The van der Waals surface area contributed by atoms with Gasteiger partial charge in [-0.3, -0.25) is 0 Å². The maximum atomic E-state index is 13.0. The molecule has 150 valence electrons. The first-order valence-corrected chi connectivity index (χ1v) is 10.4. The van der Waals surface area contributed by atoms with Gasteiger partial charge < -0.3 is 4.48 Å². The van der Waals surface area contributed by atoms with Crippen molar-refractivity contribution in [2.45, 2.75) is 47.7 Å². The molecule has 0 bridgehead atoms. The Morgan fingerprint density at radius 1 is 0.880 bits per heavy atom. The van der Waals surface area contributed by atoms with Gasteiger partial charge in [0.25, 0.3) is 19.7 Å². The molecule has 1 aliphatic heterocycles. The lowest BCUT2D eigenvalue weighted by molar-refractivity contribution is -0.914. The van der Waals surface area contributed by atoms with Crippen LogP contribution in [0.5, 0.6) is 0 Å². The van der Waals surface area contributed by atoms with Crippen LogP contribution in [0.15, 0.2) is 0 Å². The Balaban J connectivity index is 3.47. The van der Waals surface area contributed by atoms with E-state index in [0.717, 1.165) is 6.42 Å². The highest BCUT2D eigenvalue weighted by Gasteiger charge is 2.73. The second kappa shape index (κ2) is 6.55. The van der Waals surface area contributed by atoms with Gasteiger partial charge in [-0.2, -0.15) is 26.3 Å². The van der Waals surface area contributed by atoms with E-state index in [9.17, 15) is 43.2 Å². The van der Waals surface area contributed by atoms with Crippen molar-refractivity contribution >= 4 is 19.7 Å². The van der Waals surface area contributed by atoms with Gasteiger partial charge >= 0.3 is 11.0 Å². The number of likely N-dealkylation sites (tertiary alicyclic amines) is 1. The molecule has 1 aliphatic rings. The van der Waals surface area contributed by atoms with Crippen molar-refractivity contribution in [1.29, 1.82) is 0 Å². The normalized spacial score (nSPS) is 21.9. The molecule has 0 aromatic rings. The predicted octanol–water partition coefficient (Wildman–Crippen LogP) is 2.59. The summed E-state index contributed by atoms with van der Waals surface area (Å²) in [5, 5.41) is 0. The molecule has 0 unspecified atom stereocenters. The second-order valence-corrected chi connectivity index (χ2v) is 11.2. The van der Waals surface area contributed by atoms with E-state index in [4.69, 9.17) is 0 Å². The summed E-state index contributed by atoms with van der Waals surface area (Å²) in [5.74, 6) is 0. The number of hydrogen-bond acceptors (Lipinski definition) is 4. The minimum absolute atomic E-state index is 0.0242. The molecule has 25 heavy (non-hydrogen) atoms. The molecule has 1 saturated heterocycles.